The summed E-state index contributed by atoms with van der Waals surface area (Å²) in [7, 11) is -1.94. The van der Waals surface area contributed by atoms with Crippen molar-refractivity contribution in [3.05, 3.63) is 21.1 Å². The van der Waals surface area contributed by atoms with Gasteiger partial charge < -0.3 is 5.73 Å². The molecule has 108 valence electrons. The molecular weight excluding hydrogens is 396 g/mol. The first-order valence-corrected chi connectivity index (χ1v) is 8.89. The third-order valence-corrected chi connectivity index (χ3v) is 6.44. The number of hydrogen-bond acceptors (Lipinski definition) is 3. The predicted molar refractivity (Wildman–Crippen MR) is 85.5 cm³/mol. The minimum absolute atomic E-state index is 0.216. The van der Waals surface area contributed by atoms with Gasteiger partial charge >= 0.3 is 0 Å². The molecule has 0 saturated carbocycles. The third kappa shape index (κ3) is 4.18. The molecule has 0 aromatic heterocycles. The molecule has 0 aliphatic carbocycles. The summed E-state index contributed by atoms with van der Waals surface area (Å²) < 4.78 is 27.4. The van der Waals surface area contributed by atoms with Gasteiger partial charge in [-0.15, -0.1) is 0 Å². The van der Waals surface area contributed by atoms with Crippen LogP contribution in [0, 0.1) is 5.92 Å². The molecule has 0 aliphatic heterocycles. The molecule has 0 fully saturated rings. The van der Waals surface area contributed by atoms with Crippen molar-refractivity contribution in [2.45, 2.75) is 25.2 Å². The van der Waals surface area contributed by atoms with E-state index in [1.54, 1.807) is 19.2 Å². The van der Waals surface area contributed by atoms with E-state index in [1.807, 2.05) is 0 Å². The summed E-state index contributed by atoms with van der Waals surface area (Å²) in [6.07, 6.45) is 0.819. The summed E-state index contributed by atoms with van der Waals surface area (Å²) >= 11 is 6.53. The van der Waals surface area contributed by atoms with Gasteiger partial charge in [0, 0.05) is 28.2 Å². The van der Waals surface area contributed by atoms with Crippen molar-refractivity contribution in [3.63, 3.8) is 0 Å². The fourth-order valence-electron chi connectivity index (χ4n) is 1.54. The molecule has 4 nitrogen and oxygen atoms in total. The maximum Gasteiger partial charge on any atom is 0.245 e. The van der Waals surface area contributed by atoms with Gasteiger partial charge in [0.2, 0.25) is 10.0 Å². The normalized spacial score (nSPS) is 12.4. The van der Waals surface area contributed by atoms with Gasteiger partial charge in [-0.2, -0.15) is 0 Å². The monoisotopic (exact) mass is 412 g/mol. The number of hydrogen-bond donors (Lipinski definition) is 1. The molecular formula is C12H18Br2N2O2S. The largest absolute Gasteiger partial charge is 0.399 e. The lowest BCUT2D eigenvalue weighted by Gasteiger charge is -2.20. The average Bonchev–Trinajstić information content (AvgIpc) is 2.23. The van der Waals surface area contributed by atoms with E-state index in [9.17, 15) is 8.42 Å². The number of nitrogen functional groups attached to an aromatic ring is 1. The Labute approximate surface area is 131 Å². The number of anilines is 1. The topological polar surface area (TPSA) is 63.4 Å². The zero-order chi connectivity index (χ0) is 14.8. The van der Waals surface area contributed by atoms with Gasteiger partial charge in [-0.05, 0) is 56.3 Å². The Kier molecular flexibility index (Phi) is 5.85. The molecule has 1 aromatic carbocycles. The standard InChI is InChI=1S/C12H18Br2N2O2S/c1-8(2)4-5-16(3)19(17,18)12-10(13)6-9(15)7-11(12)14/h6-8H,4-5,15H2,1-3H3. The van der Waals surface area contributed by atoms with Crippen molar-refractivity contribution >= 4 is 47.6 Å². The fraction of sp³-hybridized carbons (Fsp3) is 0.500. The molecule has 0 bridgehead atoms. The van der Waals surface area contributed by atoms with E-state index in [1.165, 1.54) is 4.31 Å². The zero-order valence-electron chi connectivity index (χ0n) is 11.2. The Bertz CT molecular complexity index is 536. The van der Waals surface area contributed by atoms with Crippen LogP contribution < -0.4 is 5.73 Å². The molecule has 1 rings (SSSR count). The Morgan fingerprint density at radius 3 is 2.16 bits per heavy atom. The molecule has 0 radical (unpaired) electrons. The summed E-state index contributed by atoms with van der Waals surface area (Å²) in [5.74, 6) is 0.455. The van der Waals surface area contributed by atoms with Gasteiger partial charge in [0.15, 0.2) is 0 Å². The average molecular weight is 414 g/mol. The lowest BCUT2D eigenvalue weighted by molar-refractivity contribution is 0.427. The highest BCUT2D eigenvalue weighted by molar-refractivity contribution is 9.11. The van der Waals surface area contributed by atoms with E-state index in [4.69, 9.17) is 5.73 Å². The van der Waals surface area contributed by atoms with Crippen LogP contribution in [0.4, 0.5) is 5.69 Å². The van der Waals surface area contributed by atoms with Crippen molar-refractivity contribution < 1.29 is 8.42 Å². The molecule has 0 spiro atoms. The number of benzene rings is 1. The summed E-state index contributed by atoms with van der Waals surface area (Å²) in [4.78, 5) is 0.216. The number of sulfonamides is 1. The molecule has 0 unspecified atom stereocenters. The van der Waals surface area contributed by atoms with Crippen LogP contribution in [0.15, 0.2) is 26.0 Å². The van der Waals surface area contributed by atoms with Crippen molar-refractivity contribution in [2.24, 2.45) is 5.92 Å². The summed E-state index contributed by atoms with van der Waals surface area (Å²) in [5, 5.41) is 0. The molecule has 0 amide bonds. The van der Waals surface area contributed by atoms with Gasteiger partial charge in [0.25, 0.3) is 0 Å². The van der Waals surface area contributed by atoms with Gasteiger partial charge in [-0.1, -0.05) is 13.8 Å². The molecule has 7 heteroatoms. The molecule has 0 aliphatic rings. The lowest BCUT2D eigenvalue weighted by Crippen LogP contribution is -2.29. The van der Waals surface area contributed by atoms with E-state index in [-0.39, 0.29) is 4.90 Å². The van der Waals surface area contributed by atoms with Crippen molar-refractivity contribution in [2.75, 3.05) is 19.3 Å². The molecule has 19 heavy (non-hydrogen) atoms. The number of nitrogens with zero attached hydrogens (tertiary/aromatic N) is 1. The van der Waals surface area contributed by atoms with Crippen LogP contribution in [0.5, 0.6) is 0 Å². The minimum Gasteiger partial charge on any atom is -0.399 e. The van der Waals surface area contributed by atoms with Crippen LogP contribution in [-0.4, -0.2) is 26.3 Å². The fourth-order valence-corrected chi connectivity index (χ4v) is 5.26. The summed E-state index contributed by atoms with van der Waals surface area (Å²) in [6, 6.07) is 3.18. The van der Waals surface area contributed by atoms with Crippen LogP contribution in [0.3, 0.4) is 0 Å². The second-order valence-electron chi connectivity index (χ2n) is 4.82. The highest BCUT2D eigenvalue weighted by Gasteiger charge is 2.26. The summed E-state index contributed by atoms with van der Waals surface area (Å²) in [6.45, 7) is 4.62. The number of nitrogens with two attached hydrogens (primary N) is 1. The molecule has 1 aromatic rings. The van der Waals surface area contributed by atoms with Crippen LogP contribution in [-0.2, 0) is 10.0 Å². The van der Waals surface area contributed by atoms with Gasteiger partial charge in [-0.3, -0.25) is 0 Å². The van der Waals surface area contributed by atoms with Crippen molar-refractivity contribution in [3.8, 4) is 0 Å². The smallest absolute Gasteiger partial charge is 0.245 e. The first kappa shape index (κ1) is 16.9. The van der Waals surface area contributed by atoms with Gasteiger partial charge in [0.05, 0.1) is 0 Å². The number of halogens is 2. The predicted octanol–water partition coefficient (Wildman–Crippen LogP) is 3.46. The molecule has 2 N–H and O–H groups in total. The second-order valence-corrected chi connectivity index (χ2v) is 8.51. The summed E-state index contributed by atoms with van der Waals surface area (Å²) in [5.41, 5.74) is 6.18. The van der Waals surface area contributed by atoms with Gasteiger partial charge in [0.1, 0.15) is 4.90 Å². The molecule has 0 atom stereocenters. The van der Waals surface area contributed by atoms with Crippen LogP contribution >= 0.6 is 31.9 Å². The van der Waals surface area contributed by atoms with E-state index in [0.717, 1.165) is 6.42 Å². The first-order valence-electron chi connectivity index (χ1n) is 5.87. The highest BCUT2D eigenvalue weighted by Crippen LogP contribution is 2.34. The van der Waals surface area contributed by atoms with Crippen molar-refractivity contribution in [1.82, 2.24) is 4.31 Å². The highest BCUT2D eigenvalue weighted by atomic mass is 79.9. The number of rotatable bonds is 5. The SMILES string of the molecule is CC(C)CCN(C)S(=O)(=O)c1c(Br)cc(N)cc1Br. The zero-order valence-corrected chi connectivity index (χ0v) is 15.1. The van der Waals surface area contributed by atoms with E-state index in [0.29, 0.717) is 27.1 Å². The minimum atomic E-state index is -3.53. The van der Waals surface area contributed by atoms with Crippen LogP contribution in [0.1, 0.15) is 20.3 Å². The molecule has 0 heterocycles. The Hall–Kier alpha value is -0.110. The quantitative estimate of drug-likeness (QED) is 0.751. The van der Waals surface area contributed by atoms with E-state index >= 15 is 0 Å². The first-order chi connectivity index (χ1) is 8.66. The van der Waals surface area contributed by atoms with Gasteiger partial charge in [-0.25, -0.2) is 12.7 Å². The molecule has 0 saturated heterocycles. The van der Waals surface area contributed by atoms with Crippen molar-refractivity contribution in [1.29, 1.82) is 0 Å². The van der Waals surface area contributed by atoms with E-state index < -0.39 is 10.0 Å². The maximum absolute atomic E-state index is 12.5. The third-order valence-electron chi connectivity index (χ3n) is 2.71. The van der Waals surface area contributed by atoms with E-state index in [2.05, 4.69) is 45.7 Å². The lowest BCUT2D eigenvalue weighted by atomic mass is 10.1. The second kappa shape index (κ2) is 6.56. The maximum atomic E-state index is 12.5. The van der Waals surface area contributed by atoms with Crippen LogP contribution in [0.25, 0.3) is 0 Å². The Balaban J connectivity index is 3.14. The Morgan fingerprint density at radius 1 is 1.26 bits per heavy atom. The Morgan fingerprint density at radius 2 is 1.74 bits per heavy atom. The van der Waals surface area contributed by atoms with Crippen LogP contribution in [0.2, 0.25) is 0 Å².